The molecule has 2 aromatic carbocycles. The number of fused-ring (bicyclic) bond motifs is 1. The summed E-state index contributed by atoms with van der Waals surface area (Å²) in [5.74, 6) is -0.290. The second kappa shape index (κ2) is 10.5. The van der Waals surface area contributed by atoms with E-state index < -0.39 is 5.91 Å². The number of carbonyl (C=O) groups excluding carboxylic acids is 1. The van der Waals surface area contributed by atoms with Gasteiger partial charge in [0.2, 0.25) is 11.9 Å². The number of hydrogen-bond donors (Lipinski definition) is 3. The minimum atomic E-state index is -0.572. The summed E-state index contributed by atoms with van der Waals surface area (Å²) in [6.45, 7) is 7.61. The van der Waals surface area contributed by atoms with Crippen molar-refractivity contribution in [2.75, 3.05) is 43.4 Å². The molecular formula is C27H30N8O3. The predicted octanol–water partition coefficient (Wildman–Crippen LogP) is 1.85. The molecule has 0 radical (unpaired) electrons. The lowest BCUT2D eigenvalue weighted by Gasteiger charge is -2.35. The molecule has 0 spiro atoms. The van der Waals surface area contributed by atoms with Crippen molar-refractivity contribution in [1.82, 2.24) is 24.2 Å². The first-order chi connectivity index (χ1) is 18.4. The van der Waals surface area contributed by atoms with Gasteiger partial charge in [-0.1, -0.05) is 12.1 Å². The molecule has 0 bridgehead atoms. The monoisotopic (exact) mass is 514 g/mol. The van der Waals surface area contributed by atoms with Crippen molar-refractivity contribution in [2.45, 2.75) is 13.2 Å². The number of aromatic nitrogens is 4. The highest BCUT2D eigenvalue weighted by Gasteiger charge is 2.19. The van der Waals surface area contributed by atoms with Gasteiger partial charge in [-0.05, 0) is 43.4 Å². The highest BCUT2D eigenvalue weighted by atomic mass is 16.3. The van der Waals surface area contributed by atoms with Gasteiger partial charge in [0, 0.05) is 54.9 Å². The quantitative estimate of drug-likeness (QED) is 0.303. The summed E-state index contributed by atoms with van der Waals surface area (Å²) in [7, 11) is 2.10. The Balaban J connectivity index is 1.53. The summed E-state index contributed by atoms with van der Waals surface area (Å²) < 4.78 is 3.11. The van der Waals surface area contributed by atoms with E-state index in [1.165, 1.54) is 10.9 Å². The first-order valence-corrected chi connectivity index (χ1v) is 12.3. The summed E-state index contributed by atoms with van der Waals surface area (Å²) in [4.78, 5) is 38.5. The second-order valence-corrected chi connectivity index (χ2v) is 9.25. The maximum absolute atomic E-state index is 13.2. The van der Waals surface area contributed by atoms with Crippen molar-refractivity contribution in [1.29, 1.82) is 0 Å². The minimum Gasteiger partial charge on any atom is -0.392 e. The number of carbonyl (C=O) groups is 1. The molecule has 1 aliphatic rings. The van der Waals surface area contributed by atoms with E-state index in [1.54, 1.807) is 35.0 Å². The number of anilines is 3. The van der Waals surface area contributed by atoms with Gasteiger partial charge in [-0.15, -0.1) is 6.58 Å². The number of nitrogens with two attached hydrogens (primary N) is 1. The zero-order chi connectivity index (χ0) is 26.8. The smallest absolute Gasteiger partial charge is 0.278 e. The van der Waals surface area contributed by atoms with Crippen molar-refractivity contribution >= 4 is 34.3 Å². The molecule has 3 heterocycles. The lowest BCUT2D eigenvalue weighted by atomic mass is 10.1. The maximum atomic E-state index is 13.2. The summed E-state index contributed by atoms with van der Waals surface area (Å²) in [5.41, 5.74) is 8.95. The maximum Gasteiger partial charge on any atom is 0.278 e. The SMILES string of the molecule is C=CCn1c(=O)c2cnc(Nc3ccc(N4CCN(C)CC4)c(CO)c3)nc2n1-c1cccc(C(N)=O)c1. The largest absolute Gasteiger partial charge is 0.392 e. The van der Waals surface area contributed by atoms with Crippen molar-refractivity contribution in [3.05, 3.63) is 82.8 Å². The van der Waals surface area contributed by atoms with Crippen LogP contribution in [0.5, 0.6) is 0 Å². The van der Waals surface area contributed by atoms with Crippen molar-refractivity contribution in [2.24, 2.45) is 5.73 Å². The average Bonchev–Trinajstić information content (AvgIpc) is 3.20. The molecule has 0 saturated carbocycles. The van der Waals surface area contributed by atoms with Gasteiger partial charge < -0.3 is 26.0 Å². The predicted molar refractivity (Wildman–Crippen MR) is 147 cm³/mol. The number of nitrogens with one attached hydrogen (secondary N) is 1. The molecule has 0 unspecified atom stereocenters. The summed E-state index contributed by atoms with van der Waals surface area (Å²) in [5, 5.41) is 13.6. The van der Waals surface area contributed by atoms with E-state index in [4.69, 9.17) is 5.73 Å². The van der Waals surface area contributed by atoms with Gasteiger partial charge in [0.05, 0.1) is 18.8 Å². The molecule has 196 valence electrons. The molecule has 1 fully saturated rings. The van der Waals surface area contributed by atoms with Crippen LogP contribution in [0.3, 0.4) is 0 Å². The van der Waals surface area contributed by atoms with Crippen LogP contribution in [0.25, 0.3) is 16.7 Å². The third kappa shape index (κ3) is 4.76. The van der Waals surface area contributed by atoms with Gasteiger partial charge in [0.15, 0.2) is 5.65 Å². The van der Waals surface area contributed by atoms with Crippen LogP contribution in [0.1, 0.15) is 15.9 Å². The number of hydrogen-bond acceptors (Lipinski definition) is 8. The van der Waals surface area contributed by atoms with Crippen molar-refractivity contribution in [3.8, 4) is 5.69 Å². The van der Waals surface area contributed by atoms with Crippen LogP contribution < -0.4 is 21.5 Å². The molecule has 4 aromatic rings. The lowest BCUT2D eigenvalue weighted by molar-refractivity contribution is 0.1000. The van der Waals surface area contributed by atoms with Crippen LogP contribution in [0.4, 0.5) is 17.3 Å². The van der Waals surface area contributed by atoms with Crippen LogP contribution >= 0.6 is 0 Å². The number of amides is 1. The van der Waals surface area contributed by atoms with Crippen LogP contribution in [0.15, 0.2) is 66.1 Å². The average molecular weight is 515 g/mol. The number of rotatable bonds is 8. The van der Waals surface area contributed by atoms with Crippen molar-refractivity contribution in [3.63, 3.8) is 0 Å². The number of piperazine rings is 1. The molecule has 4 N–H and O–H groups in total. The fourth-order valence-corrected chi connectivity index (χ4v) is 4.70. The molecule has 1 saturated heterocycles. The summed E-state index contributed by atoms with van der Waals surface area (Å²) >= 11 is 0. The van der Waals surface area contributed by atoms with Crippen LogP contribution in [0.2, 0.25) is 0 Å². The van der Waals surface area contributed by atoms with E-state index in [2.05, 4.69) is 38.7 Å². The highest BCUT2D eigenvalue weighted by molar-refractivity contribution is 5.93. The topological polar surface area (TPSA) is 135 Å². The zero-order valence-electron chi connectivity index (χ0n) is 21.2. The van der Waals surface area contributed by atoms with Crippen molar-refractivity contribution < 1.29 is 9.90 Å². The normalized spacial score (nSPS) is 14.1. The number of nitrogens with zero attached hydrogens (tertiary/aromatic N) is 6. The van der Waals surface area contributed by atoms with Crippen LogP contribution in [0, 0.1) is 0 Å². The Morgan fingerprint density at radius 1 is 1.18 bits per heavy atom. The Hall–Kier alpha value is -4.48. The number of benzene rings is 2. The standard InChI is InChI=1S/C27H30N8O3/c1-3-9-34-26(38)22-16-29-27(31-25(22)35(34)21-6-4-5-18(15-21)24(28)37)30-20-7-8-23(19(14-20)17-36)33-12-10-32(2)11-13-33/h3-8,14-16,36H,1,9-13,17H2,2H3,(H2,28,37)(H,29,30,31). The third-order valence-corrected chi connectivity index (χ3v) is 6.70. The van der Waals surface area contributed by atoms with Crippen LogP contribution in [-0.4, -0.2) is 68.5 Å². The number of likely N-dealkylation sites (N-methyl/N-ethyl adjacent to an activating group) is 1. The number of allylic oxidation sites excluding steroid dienone is 1. The molecule has 5 rings (SSSR count). The number of primary amides is 1. The molecule has 11 heteroatoms. The Morgan fingerprint density at radius 3 is 2.68 bits per heavy atom. The summed E-state index contributed by atoms with van der Waals surface area (Å²) in [6.07, 6.45) is 3.09. The fourth-order valence-electron chi connectivity index (χ4n) is 4.70. The van der Waals surface area contributed by atoms with Gasteiger partial charge in [0.1, 0.15) is 5.39 Å². The summed E-state index contributed by atoms with van der Waals surface area (Å²) in [6, 6.07) is 12.5. The minimum absolute atomic E-state index is 0.1000. The van der Waals surface area contributed by atoms with Gasteiger partial charge >= 0.3 is 0 Å². The zero-order valence-corrected chi connectivity index (χ0v) is 21.2. The van der Waals surface area contributed by atoms with Gasteiger partial charge in [0.25, 0.3) is 5.56 Å². The first kappa shape index (κ1) is 25.2. The van der Waals surface area contributed by atoms with E-state index in [0.717, 1.165) is 37.4 Å². The lowest BCUT2D eigenvalue weighted by Crippen LogP contribution is -2.44. The van der Waals surface area contributed by atoms with E-state index >= 15 is 0 Å². The van der Waals surface area contributed by atoms with E-state index in [1.807, 2.05) is 18.2 Å². The Labute approximate surface area is 219 Å². The molecule has 0 aliphatic carbocycles. The molecule has 1 aliphatic heterocycles. The van der Waals surface area contributed by atoms with Gasteiger partial charge in [-0.2, -0.15) is 4.98 Å². The van der Waals surface area contributed by atoms with E-state index in [-0.39, 0.29) is 24.7 Å². The Kier molecular flexibility index (Phi) is 6.95. The van der Waals surface area contributed by atoms with Gasteiger partial charge in [-0.3, -0.25) is 9.59 Å². The molecule has 38 heavy (non-hydrogen) atoms. The molecule has 1 amide bonds. The Bertz CT molecular complexity index is 1570. The number of aliphatic hydroxyl groups excluding tert-OH is 1. The van der Waals surface area contributed by atoms with E-state index in [0.29, 0.717) is 28.0 Å². The molecule has 0 atom stereocenters. The molecule has 11 nitrogen and oxygen atoms in total. The van der Waals surface area contributed by atoms with E-state index in [9.17, 15) is 14.7 Å². The first-order valence-electron chi connectivity index (χ1n) is 12.3. The Morgan fingerprint density at radius 2 is 1.97 bits per heavy atom. The van der Waals surface area contributed by atoms with Gasteiger partial charge in [-0.25, -0.2) is 14.3 Å². The molecule has 2 aromatic heterocycles. The number of aliphatic hydroxyl groups is 1. The molecular weight excluding hydrogens is 484 g/mol. The third-order valence-electron chi connectivity index (χ3n) is 6.70. The van der Waals surface area contributed by atoms with Crippen LogP contribution in [-0.2, 0) is 13.2 Å². The highest BCUT2D eigenvalue weighted by Crippen LogP contribution is 2.27. The second-order valence-electron chi connectivity index (χ2n) is 9.25. The fraction of sp³-hybridized carbons (Fsp3) is 0.259.